The molecular weight excluding hydrogens is 660 g/mol. The van der Waals surface area contributed by atoms with Crippen LogP contribution in [0.25, 0.3) is 11.0 Å². The highest BCUT2D eigenvalue weighted by Gasteiger charge is 2.77. The van der Waals surface area contributed by atoms with E-state index in [1.807, 2.05) is 31.2 Å². The van der Waals surface area contributed by atoms with Gasteiger partial charge in [-0.2, -0.15) is 0 Å². The van der Waals surface area contributed by atoms with Crippen molar-refractivity contribution >= 4 is 50.7 Å². The lowest BCUT2D eigenvalue weighted by Crippen LogP contribution is -2.59. The highest BCUT2D eigenvalue weighted by Crippen LogP contribution is 2.60. The fourth-order valence-electron chi connectivity index (χ4n) is 7.05. The molecule has 46 heavy (non-hydrogen) atoms. The van der Waals surface area contributed by atoms with Gasteiger partial charge in [-0.3, -0.25) is 19.2 Å². The summed E-state index contributed by atoms with van der Waals surface area (Å²) in [5.41, 5.74) is 0.0579. The van der Waals surface area contributed by atoms with Crippen molar-refractivity contribution in [3.63, 3.8) is 0 Å². The number of fused-ring (bicyclic) bond motifs is 2. The van der Waals surface area contributed by atoms with Gasteiger partial charge in [0.25, 0.3) is 0 Å². The molecule has 4 heterocycles. The smallest absolute Gasteiger partial charge is 0.312 e. The van der Waals surface area contributed by atoms with E-state index in [-0.39, 0.29) is 43.5 Å². The zero-order valence-electron chi connectivity index (χ0n) is 26.1. The predicted octanol–water partition coefficient (Wildman–Crippen LogP) is 1.94. The Morgan fingerprint density at radius 3 is 2.76 bits per heavy atom. The molecule has 1 unspecified atom stereocenters. The number of benzene rings is 1. The Morgan fingerprint density at radius 1 is 1.30 bits per heavy atom. The molecular formula is C32H41BrN6O7. The van der Waals surface area contributed by atoms with Gasteiger partial charge in [0.15, 0.2) is 0 Å². The molecule has 1 aromatic carbocycles. The lowest BCUT2D eigenvalue weighted by molar-refractivity contribution is -0.160. The molecule has 2 bridgehead atoms. The van der Waals surface area contributed by atoms with Gasteiger partial charge >= 0.3 is 5.97 Å². The summed E-state index contributed by atoms with van der Waals surface area (Å²) >= 11 is 3.67. The standard InChI is InChI=1S/C32H41BrN6O7/c1-5-8-13-24(41)34-16-19(4)45-31(44)25-26-29(42)39(20(7-3)17-40)28(32(26)15-21(33)27(25)46-32)30(43)37(14-6-2)18-38-23-12-10-9-11-22(23)35-36-38/h5-6,9-12,19-21,25-28,40H,1-2,7-8,13-18H2,3-4H3,(H,34,41)/t19-,20-,21?,25-,26+,27-,28-,32+/m0/s1. The lowest BCUT2D eigenvalue weighted by Gasteiger charge is -2.39. The highest BCUT2D eigenvalue weighted by molar-refractivity contribution is 9.09. The van der Waals surface area contributed by atoms with Crippen molar-refractivity contribution in [3.8, 4) is 0 Å². The first-order chi connectivity index (χ1) is 22.1. The molecule has 0 aliphatic carbocycles. The van der Waals surface area contributed by atoms with Gasteiger partial charge in [-0.1, -0.05) is 52.4 Å². The van der Waals surface area contributed by atoms with Gasteiger partial charge < -0.3 is 29.7 Å². The van der Waals surface area contributed by atoms with Gasteiger partial charge in [0.2, 0.25) is 17.7 Å². The molecule has 3 amide bonds. The van der Waals surface area contributed by atoms with E-state index in [1.165, 1.54) is 9.80 Å². The van der Waals surface area contributed by atoms with Crippen molar-refractivity contribution in [3.05, 3.63) is 49.6 Å². The van der Waals surface area contributed by atoms with Crippen molar-refractivity contribution in [2.24, 2.45) is 11.8 Å². The molecule has 2 N–H and O–H groups in total. The number of amides is 3. The fourth-order valence-corrected chi connectivity index (χ4v) is 7.99. The van der Waals surface area contributed by atoms with E-state index in [2.05, 4.69) is 44.7 Å². The Labute approximate surface area is 276 Å². The summed E-state index contributed by atoms with van der Waals surface area (Å²) in [6, 6.07) is 5.57. The van der Waals surface area contributed by atoms with Crippen LogP contribution in [-0.4, -0.2) is 108 Å². The van der Waals surface area contributed by atoms with Crippen molar-refractivity contribution in [2.45, 2.75) is 80.9 Å². The summed E-state index contributed by atoms with van der Waals surface area (Å²) in [4.78, 5) is 57.5. The normalized spacial score (nSPS) is 27.7. The average Bonchev–Trinajstić information content (AvgIpc) is 3.76. The minimum absolute atomic E-state index is 0.0310. The van der Waals surface area contributed by atoms with Crippen LogP contribution >= 0.6 is 15.9 Å². The number of aliphatic hydroxyl groups is 1. The SMILES string of the molecule is C=CCCC(=O)NC[C@H](C)OC(=O)[C@@H]1[C@H]2O[C@@]3(CC2Br)[C@H](C(=O)N(CC=C)Cn2nnc4ccccc42)N([C@@H](CC)CO)C(=O)[C@@H]13. The summed E-state index contributed by atoms with van der Waals surface area (Å²) in [6.07, 6.45) is 3.34. The molecule has 3 fully saturated rings. The number of carbonyl (C=O) groups is 4. The van der Waals surface area contributed by atoms with Crippen LogP contribution in [0.1, 0.15) is 39.5 Å². The van der Waals surface area contributed by atoms with Crippen LogP contribution in [0.15, 0.2) is 49.6 Å². The number of ether oxygens (including phenoxy) is 2. The number of aliphatic hydroxyl groups excluding tert-OH is 1. The molecule has 3 saturated heterocycles. The monoisotopic (exact) mass is 700 g/mol. The van der Waals surface area contributed by atoms with E-state index in [1.54, 1.807) is 23.8 Å². The maximum absolute atomic E-state index is 14.7. The first-order valence-corrected chi connectivity index (χ1v) is 16.5. The van der Waals surface area contributed by atoms with Crippen molar-refractivity contribution in [1.29, 1.82) is 0 Å². The number of hydrogen-bond donors (Lipinski definition) is 2. The Kier molecular flexibility index (Phi) is 10.3. The number of hydrogen-bond acceptors (Lipinski definition) is 9. The zero-order valence-corrected chi connectivity index (χ0v) is 27.7. The quantitative estimate of drug-likeness (QED) is 0.161. The minimum Gasteiger partial charge on any atom is -0.460 e. The molecule has 0 radical (unpaired) electrons. The summed E-state index contributed by atoms with van der Waals surface area (Å²) in [5, 5.41) is 21.6. The largest absolute Gasteiger partial charge is 0.460 e. The molecule has 0 saturated carbocycles. The number of aromatic nitrogens is 3. The number of alkyl halides is 1. The van der Waals surface area contributed by atoms with E-state index in [4.69, 9.17) is 9.47 Å². The van der Waals surface area contributed by atoms with Crippen LogP contribution in [0, 0.1) is 11.8 Å². The Balaban J connectivity index is 1.44. The fraction of sp³-hybridized carbons (Fsp3) is 0.562. The summed E-state index contributed by atoms with van der Waals surface area (Å²) in [5.74, 6) is -3.66. The molecule has 13 nitrogen and oxygen atoms in total. The molecule has 8 atom stereocenters. The van der Waals surface area contributed by atoms with Crippen molar-refractivity contribution < 1.29 is 33.8 Å². The maximum atomic E-state index is 14.7. The third kappa shape index (κ3) is 5.97. The Bertz CT molecular complexity index is 1500. The summed E-state index contributed by atoms with van der Waals surface area (Å²) < 4.78 is 14.0. The van der Waals surface area contributed by atoms with E-state index < -0.39 is 59.5 Å². The van der Waals surface area contributed by atoms with Gasteiger partial charge in [0, 0.05) is 17.8 Å². The van der Waals surface area contributed by atoms with Gasteiger partial charge in [-0.25, -0.2) is 4.68 Å². The molecule has 3 aliphatic heterocycles. The topological polar surface area (TPSA) is 156 Å². The molecule has 1 spiro atoms. The third-order valence-corrected chi connectivity index (χ3v) is 10.0. The van der Waals surface area contributed by atoms with Crippen LogP contribution in [0.4, 0.5) is 0 Å². The molecule has 1 aromatic heterocycles. The van der Waals surface area contributed by atoms with Gasteiger partial charge in [0.05, 0.1) is 42.6 Å². The number of rotatable bonds is 15. The van der Waals surface area contributed by atoms with E-state index in [0.29, 0.717) is 24.8 Å². The average molecular weight is 702 g/mol. The Morgan fingerprint density at radius 2 is 2.07 bits per heavy atom. The van der Waals surface area contributed by atoms with Crippen LogP contribution < -0.4 is 5.32 Å². The molecule has 14 heteroatoms. The number of halogens is 1. The van der Waals surface area contributed by atoms with Gasteiger partial charge in [-0.15, -0.1) is 18.3 Å². The minimum atomic E-state index is -1.34. The maximum Gasteiger partial charge on any atom is 0.312 e. The number of nitrogens with zero attached hydrogens (tertiary/aromatic N) is 5. The first kappa shape index (κ1) is 33.7. The van der Waals surface area contributed by atoms with Gasteiger partial charge in [0.1, 0.15) is 29.9 Å². The lowest BCUT2D eigenvalue weighted by atomic mass is 9.70. The third-order valence-electron chi connectivity index (χ3n) is 9.17. The second-order valence-corrected chi connectivity index (χ2v) is 13.3. The van der Waals surface area contributed by atoms with E-state index in [0.717, 1.165) is 5.52 Å². The zero-order chi connectivity index (χ0) is 33.2. The number of likely N-dealkylation sites (tertiary alicyclic amines) is 1. The molecule has 5 rings (SSSR count). The van der Waals surface area contributed by atoms with Gasteiger partial charge in [-0.05, 0) is 38.3 Å². The second kappa shape index (κ2) is 14.0. The summed E-state index contributed by atoms with van der Waals surface area (Å²) in [6.45, 7) is 10.8. The van der Waals surface area contributed by atoms with Crippen LogP contribution in [0.3, 0.4) is 0 Å². The number of nitrogens with one attached hydrogen (secondary N) is 1. The van der Waals surface area contributed by atoms with Crippen molar-refractivity contribution in [1.82, 2.24) is 30.1 Å². The van der Waals surface area contributed by atoms with Crippen LogP contribution in [0.2, 0.25) is 0 Å². The molecule has 248 valence electrons. The van der Waals surface area contributed by atoms with Crippen molar-refractivity contribution in [2.75, 3.05) is 19.7 Å². The second-order valence-electron chi connectivity index (χ2n) is 12.1. The predicted molar refractivity (Wildman–Crippen MR) is 171 cm³/mol. The summed E-state index contributed by atoms with van der Waals surface area (Å²) in [7, 11) is 0. The molecule has 2 aromatic rings. The van der Waals surface area contributed by atoms with Crippen LogP contribution in [-0.2, 0) is 35.3 Å². The van der Waals surface area contributed by atoms with E-state index >= 15 is 0 Å². The highest BCUT2D eigenvalue weighted by atomic mass is 79.9. The van der Waals surface area contributed by atoms with E-state index in [9.17, 15) is 24.3 Å². The van der Waals surface area contributed by atoms with Crippen LogP contribution in [0.5, 0.6) is 0 Å². The number of esters is 1. The number of para-hydroxylation sites is 1. The first-order valence-electron chi connectivity index (χ1n) is 15.6. The Hall–Kier alpha value is -3.62. The molecule has 3 aliphatic rings. The number of carbonyl (C=O) groups excluding carboxylic acids is 4. The number of allylic oxidation sites excluding steroid dienone is 1.